The Bertz CT molecular complexity index is 752. The number of hydrogen-bond acceptors (Lipinski definition) is 5. The fraction of sp³-hybridized carbons (Fsp3) is 0.500. The van der Waals surface area contributed by atoms with E-state index in [4.69, 9.17) is 9.84 Å². The van der Waals surface area contributed by atoms with Crippen LogP contribution in [0.5, 0.6) is 0 Å². The summed E-state index contributed by atoms with van der Waals surface area (Å²) in [5.74, 6) is -1.77. The maximum absolute atomic E-state index is 13.1. The van der Waals surface area contributed by atoms with Crippen molar-refractivity contribution in [3.05, 3.63) is 29.8 Å². The second-order valence-corrected chi connectivity index (χ2v) is 7.79. The molecule has 1 aliphatic rings. The predicted octanol–water partition coefficient (Wildman–Crippen LogP) is 1.88. The summed E-state index contributed by atoms with van der Waals surface area (Å²) in [4.78, 5) is 23.3. The Kier molecular flexibility index (Phi) is 5.00. The molecule has 2 rings (SSSR count). The molecule has 0 saturated heterocycles. The Balaban J connectivity index is 2.50. The molecule has 0 aliphatic heterocycles. The average molecular weight is 355 g/mol. The van der Waals surface area contributed by atoms with Crippen molar-refractivity contribution in [2.75, 3.05) is 6.61 Å². The molecule has 0 heterocycles. The van der Waals surface area contributed by atoms with E-state index < -0.39 is 33.5 Å². The summed E-state index contributed by atoms with van der Waals surface area (Å²) in [6.07, 6.45) is 0.781. The molecule has 24 heavy (non-hydrogen) atoms. The third-order valence-electron chi connectivity index (χ3n) is 3.91. The number of carbonyl (C=O) groups excluding carboxylic acids is 1. The SMILES string of the molecule is CCOC(=O)C1(N(C(C)C)S(=O)(=O)c2cccc(C(=O)O)c2)CC1. The first kappa shape index (κ1) is 18.4. The number of sulfonamides is 1. The zero-order chi connectivity index (χ0) is 18.1. The zero-order valence-electron chi connectivity index (χ0n) is 13.9. The van der Waals surface area contributed by atoms with E-state index in [0.717, 1.165) is 10.4 Å². The third-order valence-corrected chi connectivity index (χ3v) is 6.05. The molecule has 132 valence electrons. The van der Waals surface area contributed by atoms with Gasteiger partial charge >= 0.3 is 11.9 Å². The predicted molar refractivity (Wildman–Crippen MR) is 86.2 cm³/mol. The number of carboxylic acids is 1. The molecule has 1 N–H and O–H groups in total. The molecule has 0 atom stereocenters. The van der Waals surface area contributed by atoms with Crippen LogP contribution < -0.4 is 0 Å². The lowest BCUT2D eigenvalue weighted by Gasteiger charge is -2.32. The van der Waals surface area contributed by atoms with Crippen LogP contribution in [0.4, 0.5) is 0 Å². The van der Waals surface area contributed by atoms with Gasteiger partial charge in [-0.25, -0.2) is 13.2 Å². The van der Waals surface area contributed by atoms with E-state index in [1.807, 2.05) is 0 Å². The van der Waals surface area contributed by atoms with Crippen LogP contribution in [0, 0.1) is 0 Å². The highest BCUT2D eigenvalue weighted by Gasteiger charge is 2.61. The number of carboxylic acid groups (broad SMARTS) is 1. The van der Waals surface area contributed by atoms with Gasteiger partial charge in [0.1, 0.15) is 5.54 Å². The van der Waals surface area contributed by atoms with Crippen LogP contribution >= 0.6 is 0 Å². The van der Waals surface area contributed by atoms with Gasteiger partial charge in [-0.3, -0.25) is 4.79 Å². The maximum atomic E-state index is 13.1. The van der Waals surface area contributed by atoms with Crippen molar-refractivity contribution in [2.45, 2.75) is 50.1 Å². The minimum absolute atomic E-state index is 0.124. The Morgan fingerprint density at radius 2 is 1.96 bits per heavy atom. The zero-order valence-corrected chi connectivity index (χ0v) is 14.7. The Morgan fingerprint density at radius 3 is 2.42 bits per heavy atom. The maximum Gasteiger partial charge on any atom is 0.335 e. The number of hydrogen-bond donors (Lipinski definition) is 1. The summed E-state index contributed by atoms with van der Waals surface area (Å²) in [6, 6.07) is 4.65. The molecule has 8 heteroatoms. The van der Waals surface area contributed by atoms with Crippen LogP contribution in [0.15, 0.2) is 29.2 Å². The van der Waals surface area contributed by atoms with E-state index in [9.17, 15) is 18.0 Å². The molecule has 0 unspecified atom stereocenters. The molecule has 7 nitrogen and oxygen atoms in total. The van der Waals surface area contributed by atoms with Gasteiger partial charge < -0.3 is 9.84 Å². The van der Waals surface area contributed by atoms with E-state index >= 15 is 0 Å². The number of aromatic carboxylic acids is 1. The van der Waals surface area contributed by atoms with Gasteiger partial charge in [-0.1, -0.05) is 6.07 Å². The van der Waals surface area contributed by atoms with Crippen LogP contribution in [-0.2, 0) is 19.6 Å². The standard InChI is InChI=1S/C16H21NO6S/c1-4-23-15(20)16(8-9-16)17(11(2)3)24(21,22)13-7-5-6-12(10-13)14(18)19/h5-7,10-11H,4,8-9H2,1-3H3,(H,18,19). The van der Waals surface area contributed by atoms with Crippen molar-refractivity contribution in [3.8, 4) is 0 Å². The molecule has 1 aromatic carbocycles. The number of benzene rings is 1. The normalized spacial score (nSPS) is 16.2. The first-order valence-electron chi connectivity index (χ1n) is 7.72. The second-order valence-electron chi connectivity index (χ2n) is 5.98. The van der Waals surface area contributed by atoms with Crippen LogP contribution in [0.3, 0.4) is 0 Å². The molecule has 1 aromatic rings. The fourth-order valence-electron chi connectivity index (χ4n) is 2.80. The van der Waals surface area contributed by atoms with Gasteiger partial charge in [0.2, 0.25) is 10.0 Å². The van der Waals surface area contributed by atoms with Gasteiger partial charge in [0.15, 0.2) is 0 Å². The molecule has 0 aromatic heterocycles. The summed E-state index contributed by atoms with van der Waals surface area (Å²) < 4.78 is 32.3. The molecular formula is C16H21NO6S. The van der Waals surface area contributed by atoms with Crippen molar-refractivity contribution < 1.29 is 27.9 Å². The minimum Gasteiger partial charge on any atom is -0.478 e. The molecule has 0 amide bonds. The number of carbonyl (C=O) groups is 2. The molecule has 0 spiro atoms. The number of nitrogens with zero attached hydrogens (tertiary/aromatic N) is 1. The second kappa shape index (κ2) is 6.52. The molecule has 1 fully saturated rings. The Morgan fingerprint density at radius 1 is 1.33 bits per heavy atom. The lowest BCUT2D eigenvalue weighted by atomic mass is 10.2. The van der Waals surface area contributed by atoms with Gasteiger partial charge in [0, 0.05) is 6.04 Å². The first-order chi connectivity index (χ1) is 11.2. The fourth-order valence-corrected chi connectivity index (χ4v) is 4.83. The smallest absolute Gasteiger partial charge is 0.335 e. The van der Waals surface area contributed by atoms with E-state index in [2.05, 4.69) is 0 Å². The lowest BCUT2D eigenvalue weighted by Crippen LogP contribution is -2.51. The van der Waals surface area contributed by atoms with E-state index in [0.29, 0.717) is 12.8 Å². The number of esters is 1. The van der Waals surface area contributed by atoms with Gasteiger partial charge in [0.25, 0.3) is 0 Å². The quantitative estimate of drug-likeness (QED) is 0.750. The van der Waals surface area contributed by atoms with Crippen LogP contribution in [-0.4, -0.2) is 48.0 Å². The van der Waals surface area contributed by atoms with Crippen LogP contribution in [0.1, 0.15) is 44.0 Å². The average Bonchev–Trinajstić information content (AvgIpc) is 3.28. The van der Waals surface area contributed by atoms with Crippen molar-refractivity contribution in [2.24, 2.45) is 0 Å². The van der Waals surface area contributed by atoms with E-state index in [-0.39, 0.29) is 17.1 Å². The summed E-state index contributed by atoms with van der Waals surface area (Å²) in [7, 11) is -4.05. The highest BCUT2D eigenvalue weighted by molar-refractivity contribution is 7.89. The van der Waals surface area contributed by atoms with E-state index in [1.54, 1.807) is 20.8 Å². The Labute approximate surface area is 141 Å². The van der Waals surface area contributed by atoms with Crippen molar-refractivity contribution in [3.63, 3.8) is 0 Å². The molecule has 0 radical (unpaired) electrons. The van der Waals surface area contributed by atoms with E-state index in [1.165, 1.54) is 18.2 Å². The van der Waals surface area contributed by atoms with Gasteiger partial charge in [-0.15, -0.1) is 0 Å². The summed E-state index contributed by atoms with van der Waals surface area (Å²) in [6.45, 7) is 5.19. The first-order valence-corrected chi connectivity index (χ1v) is 9.16. The summed E-state index contributed by atoms with van der Waals surface area (Å²) in [5, 5.41) is 9.07. The third kappa shape index (κ3) is 3.16. The highest BCUT2D eigenvalue weighted by Crippen LogP contribution is 2.47. The van der Waals surface area contributed by atoms with Crippen molar-refractivity contribution in [1.29, 1.82) is 0 Å². The molecule has 0 bridgehead atoms. The van der Waals surface area contributed by atoms with Gasteiger partial charge in [-0.2, -0.15) is 4.31 Å². The number of rotatable bonds is 7. The monoisotopic (exact) mass is 355 g/mol. The summed E-state index contributed by atoms with van der Waals surface area (Å²) >= 11 is 0. The molecular weight excluding hydrogens is 334 g/mol. The minimum atomic E-state index is -4.05. The molecule has 1 aliphatic carbocycles. The van der Waals surface area contributed by atoms with Gasteiger partial charge in [-0.05, 0) is 51.8 Å². The van der Waals surface area contributed by atoms with Crippen molar-refractivity contribution in [1.82, 2.24) is 4.31 Å². The largest absolute Gasteiger partial charge is 0.478 e. The van der Waals surface area contributed by atoms with Crippen molar-refractivity contribution >= 4 is 22.0 Å². The molecule has 1 saturated carbocycles. The van der Waals surface area contributed by atoms with Crippen LogP contribution in [0.2, 0.25) is 0 Å². The highest BCUT2D eigenvalue weighted by atomic mass is 32.2. The van der Waals surface area contributed by atoms with Gasteiger partial charge in [0.05, 0.1) is 17.1 Å². The van der Waals surface area contributed by atoms with Crippen LogP contribution in [0.25, 0.3) is 0 Å². The lowest BCUT2D eigenvalue weighted by molar-refractivity contribution is -0.149. The Hall–Kier alpha value is -1.93. The topological polar surface area (TPSA) is 101 Å². The summed E-state index contributed by atoms with van der Waals surface area (Å²) in [5.41, 5.74) is -1.32. The number of ether oxygens (including phenoxy) is 1.